The lowest BCUT2D eigenvalue weighted by Gasteiger charge is -2.32. The fourth-order valence-electron chi connectivity index (χ4n) is 5.60. The molecule has 2 aromatic rings. The molecular weight excluding hydrogens is 358 g/mol. The van der Waals surface area contributed by atoms with Gasteiger partial charge in [0.1, 0.15) is 5.75 Å². The number of nitrogens with one attached hydrogen (secondary N) is 1. The number of benzene rings is 2. The van der Waals surface area contributed by atoms with Crippen LogP contribution in [0.1, 0.15) is 29.9 Å². The average molecular weight is 379 g/mol. The predicted octanol–water partition coefficient (Wildman–Crippen LogP) is 2.75. The van der Waals surface area contributed by atoms with Crippen LogP contribution < -0.4 is 10.1 Å². The van der Waals surface area contributed by atoms with Gasteiger partial charge in [-0.1, -0.05) is 30.3 Å². The van der Waals surface area contributed by atoms with Crippen molar-refractivity contribution in [2.75, 3.05) is 19.0 Å². The first-order chi connectivity index (χ1) is 13.6. The molecule has 0 aromatic heterocycles. The van der Waals surface area contributed by atoms with Gasteiger partial charge in [-0.05, 0) is 36.6 Å². The van der Waals surface area contributed by atoms with Gasteiger partial charge in [-0.15, -0.1) is 0 Å². The lowest BCUT2D eigenvalue weighted by atomic mass is 9.77. The Kier molecular flexibility index (Phi) is 3.71. The van der Waals surface area contributed by atoms with E-state index in [1.165, 1.54) is 0 Å². The summed E-state index contributed by atoms with van der Waals surface area (Å²) in [6.07, 6.45) is 1.77. The highest BCUT2D eigenvalue weighted by Gasteiger charge is 2.73. The topological polar surface area (TPSA) is 84.7 Å². The molecule has 1 spiro atoms. The number of anilines is 1. The van der Waals surface area contributed by atoms with Crippen LogP contribution in [0.2, 0.25) is 0 Å². The van der Waals surface area contributed by atoms with Crippen LogP contribution in [0.5, 0.6) is 5.75 Å². The fourth-order valence-corrected chi connectivity index (χ4v) is 5.60. The van der Waals surface area contributed by atoms with Crippen LogP contribution in [0.4, 0.5) is 5.69 Å². The number of carbonyl (C=O) groups excluding carboxylic acids is 1. The van der Waals surface area contributed by atoms with E-state index in [-0.39, 0.29) is 22.8 Å². The second-order valence-corrected chi connectivity index (χ2v) is 7.70. The van der Waals surface area contributed by atoms with Gasteiger partial charge in [0.15, 0.2) is 5.54 Å². The van der Waals surface area contributed by atoms with Crippen molar-refractivity contribution in [3.63, 3.8) is 0 Å². The quantitative estimate of drug-likeness (QED) is 0.655. The van der Waals surface area contributed by atoms with E-state index >= 15 is 0 Å². The molecule has 1 N–H and O–H groups in total. The number of nitrogens with zero attached hydrogens (tertiary/aromatic N) is 2. The van der Waals surface area contributed by atoms with Gasteiger partial charge in [-0.3, -0.25) is 19.8 Å². The van der Waals surface area contributed by atoms with Crippen molar-refractivity contribution in [3.8, 4) is 5.75 Å². The normalized spacial score (nSPS) is 30.9. The molecule has 7 heteroatoms. The number of hydrogen-bond acceptors (Lipinski definition) is 5. The minimum Gasteiger partial charge on any atom is -0.497 e. The van der Waals surface area contributed by atoms with E-state index in [1.54, 1.807) is 7.11 Å². The van der Waals surface area contributed by atoms with Gasteiger partial charge in [0.25, 0.3) is 11.9 Å². The summed E-state index contributed by atoms with van der Waals surface area (Å²) < 4.78 is 5.24. The van der Waals surface area contributed by atoms with Gasteiger partial charge in [0, 0.05) is 28.8 Å². The molecule has 2 fully saturated rings. The van der Waals surface area contributed by atoms with E-state index in [0.717, 1.165) is 24.0 Å². The van der Waals surface area contributed by atoms with Crippen molar-refractivity contribution in [2.45, 2.75) is 36.4 Å². The summed E-state index contributed by atoms with van der Waals surface area (Å²) in [6.45, 7) is 0.684. The predicted molar refractivity (Wildman–Crippen MR) is 103 cm³/mol. The highest BCUT2D eigenvalue weighted by atomic mass is 16.6. The van der Waals surface area contributed by atoms with Crippen LogP contribution in [0.25, 0.3) is 0 Å². The first-order valence-electron chi connectivity index (χ1n) is 9.54. The smallest absolute Gasteiger partial charge is 0.256 e. The number of methoxy groups -OCH3 is 1. The molecule has 3 heterocycles. The van der Waals surface area contributed by atoms with E-state index < -0.39 is 11.6 Å². The summed E-state index contributed by atoms with van der Waals surface area (Å²) >= 11 is 0. The maximum atomic E-state index is 13.3. The maximum Gasteiger partial charge on any atom is 0.256 e. The summed E-state index contributed by atoms with van der Waals surface area (Å²) in [6, 6.07) is 13.7. The van der Waals surface area contributed by atoms with Crippen LogP contribution >= 0.6 is 0 Å². The molecule has 0 unspecified atom stereocenters. The van der Waals surface area contributed by atoms with Crippen molar-refractivity contribution >= 4 is 11.6 Å². The molecule has 28 heavy (non-hydrogen) atoms. The zero-order valence-corrected chi connectivity index (χ0v) is 15.5. The molecule has 5 rings (SSSR count). The zero-order valence-electron chi connectivity index (χ0n) is 15.5. The average Bonchev–Trinajstić information content (AvgIpc) is 3.35. The third-order valence-corrected chi connectivity index (χ3v) is 6.59. The molecular formula is C21H21N3O4. The van der Waals surface area contributed by atoms with Crippen molar-refractivity contribution in [2.24, 2.45) is 0 Å². The van der Waals surface area contributed by atoms with Gasteiger partial charge in [-0.25, -0.2) is 0 Å². The van der Waals surface area contributed by atoms with Crippen LogP contribution in [0.3, 0.4) is 0 Å². The molecule has 2 aromatic carbocycles. The molecule has 0 saturated carbocycles. The van der Waals surface area contributed by atoms with Crippen molar-refractivity contribution < 1.29 is 14.5 Å². The van der Waals surface area contributed by atoms with E-state index in [2.05, 4.69) is 10.2 Å². The Bertz CT molecular complexity index is 960. The molecule has 0 radical (unpaired) electrons. The third-order valence-electron chi connectivity index (χ3n) is 6.59. The Hall–Kier alpha value is -2.93. The summed E-state index contributed by atoms with van der Waals surface area (Å²) in [5.41, 5.74) is 1.03. The molecule has 3 aliphatic rings. The minimum absolute atomic E-state index is 0.0410. The standard InChI is InChI=1S/C21H21N3O4/c1-28-14-10-8-13(9-11-14)18-17-7-4-12-23(17)21(19(18)24(26)27)15-5-2-3-6-16(15)22-20(21)25/h2-3,5-6,8-11,17-19H,4,7,12H2,1H3,(H,22,25)/t17-,18+,19-,21+/m0/s1. The summed E-state index contributed by atoms with van der Waals surface area (Å²) in [5, 5.41) is 15.3. The van der Waals surface area contributed by atoms with Crippen LogP contribution in [-0.4, -0.2) is 41.5 Å². The molecule has 1 amide bonds. The van der Waals surface area contributed by atoms with Crippen molar-refractivity contribution in [1.29, 1.82) is 0 Å². The molecule has 3 aliphatic heterocycles. The van der Waals surface area contributed by atoms with Crippen LogP contribution in [-0.2, 0) is 10.3 Å². The summed E-state index contributed by atoms with van der Waals surface area (Å²) in [5.74, 6) is 0.0694. The number of fused-ring (bicyclic) bond motifs is 4. The molecule has 0 aliphatic carbocycles. The van der Waals surface area contributed by atoms with Crippen LogP contribution in [0, 0.1) is 10.1 Å². The second kappa shape index (κ2) is 6.04. The number of hydrogen-bond donors (Lipinski definition) is 1. The van der Waals surface area contributed by atoms with E-state index in [4.69, 9.17) is 4.74 Å². The first kappa shape index (κ1) is 17.2. The molecule has 144 valence electrons. The Balaban J connectivity index is 1.72. The lowest BCUT2D eigenvalue weighted by molar-refractivity contribution is -0.534. The lowest BCUT2D eigenvalue weighted by Crippen LogP contribution is -2.55. The number of ether oxygens (including phenoxy) is 1. The number of rotatable bonds is 3. The second-order valence-electron chi connectivity index (χ2n) is 7.70. The Morgan fingerprint density at radius 3 is 2.68 bits per heavy atom. The van der Waals surface area contributed by atoms with E-state index in [9.17, 15) is 14.9 Å². The zero-order chi connectivity index (χ0) is 19.5. The summed E-state index contributed by atoms with van der Waals surface area (Å²) in [4.78, 5) is 27.6. The Morgan fingerprint density at radius 1 is 1.21 bits per heavy atom. The van der Waals surface area contributed by atoms with Crippen molar-refractivity contribution in [1.82, 2.24) is 4.90 Å². The van der Waals surface area contributed by atoms with E-state index in [0.29, 0.717) is 18.0 Å². The molecule has 2 saturated heterocycles. The van der Waals surface area contributed by atoms with Gasteiger partial charge in [0.05, 0.1) is 13.0 Å². The maximum absolute atomic E-state index is 13.3. The Morgan fingerprint density at radius 2 is 1.96 bits per heavy atom. The highest BCUT2D eigenvalue weighted by molar-refractivity contribution is 6.07. The highest BCUT2D eigenvalue weighted by Crippen LogP contribution is 2.57. The Labute approximate surface area is 162 Å². The van der Waals surface area contributed by atoms with Gasteiger partial charge in [-0.2, -0.15) is 0 Å². The SMILES string of the molecule is COc1ccc([C@H]2[C@H]([N+](=O)[O-])[C@]3(C(=O)Nc4ccccc43)N3CCC[C@@H]23)cc1. The molecule has 4 atom stereocenters. The minimum atomic E-state index is -1.26. The van der Waals surface area contributed by atoms with Gasteiger partial charge < -0.3 is 10.1 Å². The third kappa shape index (κ3) is 2.05. The largest absolute Gasteiger partial charge is 0.497 e. The summed E-state index contributed by atoms with van der Waals surface area (Å²) in [7, 11) is 1.60. The number of carbonyl (C=O) groups is 1. The first-order valence-corrected chi connectivity index (χ1v) is 9.54. The van der Waals surface area contributed by atoms with Crippen molar-refractivity contribution in [3.05, 3.63) is 69.8 Å². The molecule has 0 bridgehead atoms. The van der Waals surface area contributed by atoms with Gasteiger partial charge >= 0.3 is 0 Å². The number of amides is 1. The molecule has 7 nitrogen and oxygen atoms in total. The monoisotopic (exact) mass is 379 g/mol. The van der Waals surface area contributed by atoms with Crippen LogP contribution in [0.15, 0.2) is 48.5 Å². The number of nitro groups is 1. The number of para-hydroxylation sites is 1. The van der Waals surface area contributed by atoms with Gasteiger partial charge in [0.2, 0.25) is 0 Å². The fraction of sp³-hybridized carbons (Fsp3) is 0.381. The van der Waals surface area contributed by atoms with E-state index in [1.807, 2.05) is 48.5 Å².